The molecule has 1 aromatic rings. The molecule has 4 rings (SSSR count). The highest BCUT2D eigenvalue weighted by Crippen LogP contribution is 2.40. The van der Waals surface area contributed by atoms with Gasteiger partial charge in [0.25, 0.3) is 0 Å². The quantitative estimate of drug-likeness (QED) is 0.232. The molecule has 0 aromatic heterocycles. The molecule has 0 saturated carbocycles. The third-order valence-electron chi connectivity index (χ3n) is 7.07. The van der Waals surface area contributed by atoms with Gasteiger partial charge in [-0.05, 0) is 75.4 Å². The van der Waals surface area contributed by atoms with Crippen molar-refractivity contribution in [2.24, 2.45) is 10.9 Å². The van der Waals surface area contributed by atoms with E-state index < -0.39 is 0 Å². The molecule has 0 unspecified atom stereocenters. The van der Waals surface area contributed by atoms with Gasteiger partial charge in [0.05, 0.1) is 0 Å². The number of ether oxygens (including phenoxy) is 3. The highest BCUT2D eigenvalue weighted by molar-refractivity contribution is 14.0. The van der Waals surface area contributed by atoms with Crippen molar-refractivity contribution in [3.05, 3.63) is 23.8 Å². The van der Waals surface area contributed by atoms with Gasteiger partial charge in [0.1, 0.15) is 0 Å². The van der Waals surface area contributed by atoms with E-state index in [0.29, 0.717) is 6.79 Å². The zero-order valence-electron chi connectivity index (χ0n) is 19.5. The molecule has 3 aliphatic rings. The lowest BCUT2D eigenvalue weighted by atomic mass is 9.74. The number of guanidine groups is 1. The van der Waals surface area contributed by atoms with Crippen LogP contribution in [-0.4, -0.2) is 70.6 Å². The number of hydrogen-bond acceptors (Lipinski definition) is 5. The Bertz CT molecular complexity index is 747. The normalized spacial score (nSPS) is 21.1. The summed E-state index contributed by atoms with van der Waals surface area (Å²) in [6, 6.07) is 6.35. The highest BCUT2D eigenvalue weighted by atomic mass is 127. The second kappa shape index (κ2) is 12.3. The van der Waals surface area contributed by atoms with Crippen molar-refractivity contribution < 1.29 is 14.2 Å². The summed E-state index contributed by atoms with van der Waals surface area (Å²) in [6.45, 7) is 9.62. The lowest BCUT2D eigenvalue weighted by Crippen LogP contribution is -2.48. The number of benzene rings is 1. The number of piperidine rings is 1. The number of hydrogen-bond donors (Lipinski definition) is 2. The van der Waals surface area contributed by atoms with E-state index in [-0.39, 0.29) is 29.4 Å². The van der Waals surface area contributed by atoms with Crippen LogP contribution >= 0.6 is 24.0 Å². The minimum Gasteiger partial charge on any atom is -0.454 e. The van der Waals surface area contributed by atoms with Crippen LogP contribution in [0, 0.1) is 5.92 Å². The third kappa shape index (κ3) is 6.41. The lowest BCUT2D eigenvalue weighted by molar-refractivity contribution is 0.0513. The number of likely N-dealkylation sites (tertiary alicyclic amines) is 1. The van der Waals surface area contributed by atoms with Crippen LogP contribution in [0.25, 0.3) is 0 Å². The average Bonchev–Trinajstić information content (AvgIpc) is 3.28. The Kier molecular flexibility index (Phi) is 9.73. The summed E-state index contributed by atoms with van der Waals surface area (Å²) in [5.74, 6) is 3.44. The molecule has 0 radical (unpaired) electrons. The number of nitrogens with zero attached hydrogens (tertiary/aromatic N) is 2. The smallest absolute Gasteiger partial charge is 0.231 e. The van der Waals surface area contributed by atoms with Crippen molar-refractivity contribution in [2.75, 3.05) is 59.8 Å². The fraction of sp³-hybridized carbons (Fsp3) is 0.708. The molecule has 7 nitrogen and oxygen atoms in total. The molecule has 8 heteroatoms. The Balaban J connectivity index is 0.00000289. The summed E-state index contributed by atoms with van der Waals surface area (Å²) in [4.78, 5) is 7.05. The fourth-order valence-corrected chi connectivity index (χ4v) is 4.82. The minimum atomic E-state index is 0. The van der Waals surface area contributed by atoms with Crippen molar-refractivity contribution in [3.63, 3.8) is 0 Å². The van der Waals surface area contributed by atoms with E-state index in [1.54, 1.807) is 0 Å². The van der Waals surface area contributed by atoms with Gasteiger partial charge in [-0.25, -0.2) is 0 Å². The van der Waals surface area contributed by atoms with Crippen molar-refractivity contribution in [1.29, 1.82) is 0 Å². The van der Waals surface area contributed by atoms with Gasteiger partial charge in [-0.15, -0.1) is 24.0 Å². The molecule has 2 fully saturated rings. The van der Waals surface area contributed by atoms with Crippen molar-refractivity contribution >= 4 is 29.9 Å². The second-order valence-corrected chi connectivity index (χ2v) is 9.19. The second-order valence-electron chi connectivity index (χ2n) is 9.19. The molecular weight excluding hydrogens is 519 g/mol. The lowest BCUT2D eigenvalue weighted by Gasteiger charge is -2.38. The topological polar surface area (TPSA) is 67.4 Å². The fourth-order valence-electron chi connectivity index (χ4n) is 4.82. The Morgan fingerprint density at radius 2 is 1.88 bits per heavy atom. The Hall–Kier alpha value is -1.26. The first kappa shape index (κ1) is 25.4. The SMILES string of the molecule is CN=C(NCCCN1CCC(C)CC1)NCC1(c2ccc3c(c2)OCO3)CCOCC1.I. The van der Waals surface area contributed by atoms with Crippen LogP contribution in [0.15, 0.2) is 23.2 Å². The van der Waals surface area contributed by atoms with Crippen molar-refractivity contribution in [1.82, 2.24) is 15.5 Å². The van der Waals surface area contributed by atoms with Gasteiger partial charge in [0.2, 0.25) is 6.79 Å². The van der Waals surface area contributed by atoms with Gasteiger partial charge >= 0.3 is 0 Å². The molecule has 0 aliphatic carbocycles. The molecule has 0 bridgehead atoms. The molecule has 3 aliphatic heterocycles. The molecule has 32 heavy (non-hydrogen) atoms. The first-order chi connectivity index (χ1) is 15.2. The van der Waals surface area contributed by atoms with Crippen molar-refractivity contribution in [2.45, 2.75) is 44.4 Å². The van der Waals surface area contributed by atoms with E-state index in [2.05, 4.69) is 39.6 Å². The number of nitrogens with one attached hydrogen (secondary N) is 2. The zero-order chi connectivity index (χ0) is 21.5. The van der Waals surface area contributed by atoms with Crippen LogP contribution in [-0.2, 0) is 10.2 Å². The summed E-state index contributed by atoms with van der Waals surface area (Å²) < 4.78 is 16.8. The zero-order valence-corrected chi connectivity index (χ0v) is 21.9. The predicted molar refractivity (Wildman–Crippen MR) is 139 cm³/mol. The van der Waals surface area contributed by atoms with E-state index in [9.17, 15) is 0 Å². The molecular formula is C24H39IN4O3. The molecule has 2 N–H and O–H groups in total. The summed E-state index contributed by atoms with van der Waals surface area (Å²) >= 11 is 0. The van der Waals surface area contributed by atoms with E-state index in [4.69, 9.17) is 14.2 Å². The first-order valence-corrected chi connectivity index (χ1v) is 11.8. The number of fused-ring (bicyclic) bond motifs is 1. The maximum Gasteiger partial charge on any atom is 0.231 e. The number of aliphatic imine (C=N–C) groups is 1. The molecule has 0 atom stereocenters. The van der Waals surface area contributed by atoms with Crippen LogP contribution < -0.4 is 20.1 Å². The molecule has 2 saturated heterocycles. The maximum absolute atomic E-state index is 5.68. The summed E-state index contributed by atoms with van der Waals surface area (Å²) in [5.41, 5.74) is 1.28. The van der Waals surface area contributed by atoms with Gasteiger partial charge in [-0.3, -0.25) is 4.99 Å². The Morgan fingerprint density at radius 3 is 2.62 bits per heavy atom. The van der Waals surface area contributed by atoms with E-state index in [1.807, 2.05) is 13.1 Å². The van der Waals surface area contributed by atoms with E-state index in [1.165, 1.54) is 31.5 Å². The summed E-state index contributed by atoms with van der Waals surface area (Å²) in [6.07, 6.45) is 5.76. The van der Waals surface area contributed by atoms with E-state index in [0.717, 1.165) is 75.5 Å². The van der Waals surface area contributed by atoms with Crippen LogP contribution in [0.4, 0.5) is 0 Å². The molecule has 1 aromatic carbocycles. The Morgan fingerprint density at radius 1 is 1.12 bits per heavy atom. The van der Waals surface area contributed by atoms with Crippen LogP contribution in [0.5, 0.6) is 11.5 Å². The predicted octanol–water partition coefficient (Wildman–Crippen LogP) is 3.37. The third-order valence-corrected chi connectivity index (χ3v) is 7.07. The molecule has 0 spiro atoms. The highest BCUT2D eigenvalue weighted by Gasteiger charge is 2.35. The van der Waals surface area contributed by atoms with Gasteiger partial charge < -0.3 is 29.7 Å². The standard InChI is InChI=1S/C24H38N4O3.HI/c1-19-6-12-28(13-7-19)11-3-10-26-23(25-2)27-17-24(8-14-29-15-9-24)20-4-5-21-22(16-20)31-18-30-21;/h4-5,16,19H,3,6-15,17-18H2,1-2H3,(H2,25,26,27);1H. The van der Waals surface area contributed by atoms with Gasteiger partial charge in [0, 0.05) is 38.8 Å². The monoisotopic (exact) mass is 558 g/mol. The van der Waals surface area contributed by atoms with Gasteiger partial charge in [0.15, 0.2) is 17.5 Å². The van der Waals surface area contributed by atoms with Crippen LogP contribution in [0.3, 0.4) is 0 Å². The molecule has 0 amide bonds. The number of rotatable bonds is 7. The summed E-state index contributed by atoms with van der Waals surface area (Å²) in [7, 11) is 1.85. The minimum absolute atomic E-state index is 0. The largest absolute Gasteiger partial charge is 0.454 e. The number of halogens is 1. The first-order valence-electron chi connectivity index (χ1n) is 11.8. The molecule has 3 heterocycles. The van der Waals surface area contributed by atoms with Gasteiger partial charge in [-0.1, -0.05) is 13.0 Å². The Labute approximate surface area is 209 Å². The van der Waals surface area contributed by atoms with Crippen LogP contribution in [0.2, 0.25) is 0 Å². The average molecular weight is 559 g/mol. The molecule has 180 valence electrons. The summed E-state index contributed by atoms with van der Waals surface area (Å²) in [5, 5.41) is 7.09. The maximum atomic E-state index is 5.68. The van der Waals surface area contributed by atoms with Crippen molar-refractivity contribution in [3.8, 4) is 11.5 Å². The van der Waals surface area contributed by atoms with Gasteiger partial charge in [-0.2, -0.15) is 0 Å². The van der Waals surface area contributed by atoms with E-state index >= 15 is 0 Å². The van der Waals surface area contributed by atoms with Crippen LogP contribution in [0.1, 0.15) is 44.6 Å².